The van der Waals surface area contributed by atoms with E-state index in [4.69, 9.17) is 17.0 Å². The molecular formula is C24H28N6OS. The molecule has 2 saturated heterocycles. The smallest absolute Gasteiger partial charge is 0.170 e. The molecule has 7 nitrogen and oxygen atoms in total. The molecule has 3 aromatic heterocycles. The Kier molecular flexibility index (Phi) is 6.43. The molecule has 3 aromatic rings. The van der Waals surface area contributed by atoms with Crippen LogP contribution in [0, 0.1) is 0 Å². The number of aromatic nitrogens is 3. The summed E-state index contributed by atoms with van der Waals surface area (Å²) >= 11 is 5.83. The van der Waals surface area contributed by atoms with Gasteiger partial charge in [0.15, 0.2) is 5.11 Å². The van der Waals surface area contributed by atoms with Crippen molar-refractivity contribution in [1.29, 1.82) is 0 Å². The van der Waals surface area contributed by atoms with Crippen molar-refractivity contribution in [2.24, 2.45) is 0 Å². The molecule has 166 valence electrons. The van der Waals surface area contributed by atoms with Crippen molar-refractivity contribution in [3.05, 3.63) is 84.2 Å². The van der Waals surface area contributed by atoms with E-state index in [1.807, 2.05) is 36.8 Å². The maximum absolute atomic E-state index is 5.83. The largest absolute Gasteiger partial charge is 0.379 e. The van der Waals surface area contributed by atoms with Crippen LogP contribution in [0.5, 0.6) is 0 Å². The van der Waals surface area contributed by atoms with Crippen molar-refractivity contribution < 1.29 is 4.74 Å². The quantitative estimate of drug-likeness (QED) is 0.558. The van der Waals surface area contributed by atoms with E-state index >= 15 is 0 Å². The van der Waals surface area contributed by atoms with E-state index in [0.717, 1.165) is 56.7 Å². The van der Waals surface area contributed by atoms with Crippen molar-refractivity contribution in [3.8, 4) is 0 Å². The van der Waals surface area contributed by atoms with E-state index in [1.54, 1.807) is 0 Å². The molecule has 5 heterocycles. The number of ether oxygens (including phenoxy) is 1. The highest BCUT2D eigenvalue weighted by atomic mass is 32.1. The van der Waals surface area contributed by atoms with Gasteiger partial charge in [-0.2, -0.15) is 0 Å². The topological polar surface area (TPSA) is 58.5 Å². The molecular weight excluding hydrogens is 420 g/mol. The zero-order valence-corrected chi connectivity index (χ0v) is 18.8. The van der Waals surface area contributed by atoms with Gasteiger partial charge in [0.2, 0.25) is 0 Å². The second-order valence-corrected chi connectivity index (χ2v) is 8.58. The summed E-state index contributed by atoms with van der Waals surface area (Å²) in [6, 6.07) is 14.5. The normalized spacial score (nSPS) is 21.6. The van der Waals surface area contributed by atoms with Gasteiger partial charge in [-0.3, -0.25) is 14.9 Å². The van der Waals surface area contributed by atoms with Crippen molar-refractivity contribution in [2.75, 3.05) is 39.4 Å². The molecule has 1 N–H and O–H groups in total. The van der Waals surface area contributed by atoms with E-state index in [9.17, 15) is 0 Å². The van der Waals surface area contributed by atoms with Crippen LogP contribution in [-0.2, 0) is 11.3 Å². The van der Waals surface area contributed by atoms with E-state index < -0.39 is 0 Å². The molecule has 0 spiro atoms. The van der Waals surface area contributed by atoms with Gasteiger partial charge in [-0.05, 0) is 48.1 Å². The lowest BCUT2D eigenvalue weighted by molar-refractivity contribution is 0.0349. The lowest BCUT2D eigenvalue weighted by Crippen LogP contribution is -2.42. The maximum Gasteiger partial charge on any atom is 0.170 e. The molecule has 2 fully saturated rings. The zero-order valence-electron chi connectivity index (χ0n) is 18.0. The first kappa shape index (κ1) is 21.1. The fraction of sp³-hybridized carbons (Fsp3) is 0.375. The minimum atomic E-state index is -0.00376. The highest BCUT2D eigenvalue weighted by Crippen LogP contribution is 2.38. The number of nitrogens with zero attached hydrogens (tertiary/aromatic N) is 5. The van der Waals surface area contributed by atoms with Crippen molar-refractivity contribution in [2.45, 2.75) is 18.6 Å². The highest BCUT2D eigenvalue weighted by Gasteiger charge is 2.41. The highest BCUT2D eigenvalue weighted by molar-refractivity contribution is 7.80. The van der Waals surface area contributed by atoms with Crippen molar-refractivity contribution in [1.82, 2.24) is 29.7 Å². The number of morpholine rings is 1. The predicted octanol–water partition coefficient (Wildman–Crippen LogP) is 2.63. The molecule has 2 aliphatic rings. The molecule has 0 saturated carbocycles. The van der Waals surface area contributed by atoms with Gasteiger partial charge in [-0.1, -0.05) is 12.1 Å². The average molecular weight is 449 g/mol. The number of thiocarbonyl (C=S) groups is 1. The van der Waals surface area contributed by atoms with Crippen LogP contribution in [0.3, 0.4) is 0 Å². The Bertz CT molecular complexity index is 1020. The summed E-state index contributed by atoms with van der Waals surface area (Å²) in [5, 5.41) is 4.35. The Labute approximate surface area is 194 Å². The Morgan fingerprint density at radius 2 is 1.94 bits per heavy atom. The predicted molar refractivity (Wildman–Crippen MR) is 127 cm³/mol. The van der Waals surface area contributed by atoms with Crippen LogP contribution in [0.25, 0.3) is 0 Å². The van der Waals surface area contributed by atoms with Crippen LogP contribution in [0.15, 0.2) is 67.3 Å². The third-order valence-electron chi connectivity index (χ3n) is 6.20. The van der Waals surface area contributed by atoms with Crippen molar-refractivity contribution in [3.63, 3.8) is 0 Å². The Balaban J connectivity index is 1.44. The molecule has 0 radical (unpaired) electrons. The van der Waals surface area contributed by atoms with E-state index in [0.29, 0.717) is 0 Å². The fourth-order valence-corrected chi connectivity index (χ4v) is 4.90. The molecule has 8 heteroatoms. The van der Waals surface area contributed by atoms with Gasteiger partial charge in [-0.15, -0.1) is 0 Å². The molecule has 5 rings (SSSR count). The monoisotopic (exact) mass is 448 g/mol. The summed E-state index contributed by atoms with van der Waals surface area (Å²) in [7, 11) is 0. The third-order valence-corrected chi connectivity index (χ3v) is 6.55. The van der Waals surface area contributed by atoms with Crippen LogP contribution in [-0.4, -0.2) is 68.8 Å². The average Bonchev–Trinajstić information content (AvgIpc) is 3.43. The Hall–Kier alpha value is -2.81. The van der Waals surface area contributed by atoms with Gasteiger partial charge in [0.25, 0.3) is 0 Å². The number of rotatable bonds is 7. The Morgan fingerprint density at radius 1 is 1.03 bits per heavy atom. The van der Waals surface area contributed by atoms with Gasteiger partial charge < -0.3 is 19.5 Å². The molecule has 0 aliphatic carbocycles. The van der Waals surface area contributed by atoms with E-state index in [-0.39, 0.29) is 12.1 Å². The van der Waals surface area contributed by atoms with Crippen LogP contribution < -0.4 is 5.32 Å². The number of hydrogen-bond donors (Lipinski definition) is 1. The summed E-state index contributed by atoms with van der Waals surface area (Å²) < 4.78 is 7.81. The second-order valence-electron chi connectivity index (χ2n) is 8.20. The minimum absolute atomic E-state index is 0.00376. The summed E-state index contributed by atoms with van der Waals surface area (Å²) in [6.07, 6.45) is 7.72. The summed E-state index contributed by atoms with van der Waals surface area (Å²) in [6.45, 7) is 6.14. The number of hydrogen-bond acceptors (Lipinski definition) is 5. The van der Waals surface area contributed by atoms with Gasteiger partial charge in [0.05, 0.1) is 31.0 Å². The maximum atomic E-state index is 5.83. The summed E-state index contributed by atoms with van der Waals surface area (Å²) in [5.41, 5.74) is 3.40. The van der Waals surface area contributed by atoms with Crippen LogP contribution in [0.2, 0.25) is 0 Å². The van der Waals surface area contributed by atoms with Crippen molar-refractivity contribution >= 4 is 17.3 Å². The molecule has 0 aromatic carbocycles. The van der Waals surface area contributed by atoms with Gasteiger partial charge >= 0.3 is 0 Å². The van der Waals surface area contributed by atoms with Crippen LogP contribution >= 0.6 is 12.2 Å². The fourth-order valence-electron chi connectivity index (χ4n) is 4.57. The van der Waals surface area contributed by atoms with E-state index in [1.165, 1.54) is 11.3 Å². The van der Waals surface area contributed by atoms with Gasteiger partial charge in [0, 0.05) is 63.2 Å². The molecule has 2 aliphatic heterocycles. The molecule has 0 amide bonds. The van der Waals surface area contributed by atoms with Crippen LogP contribution in [0.1, 0.15) is 29.0 Å². The minimum Gasteiger partial charge on any atom is -0.379 e. The number of pyridine rings is 2. The number of nitrogens with one attached hydrogen (secondary N) is 1. The lowest BCUT2D eigenvalue weighted by atomic mass is 10.0. The molecule has 0 unspecified atom stereocenters. The third kappa shape index (κ3) is 4.53. The SMILES string of the molecule is S=C1N[C@@H](c2ccccn2)[C@@H](c2cccn2Cc2cccnc2)N1CCN1CCOCC1. The zero-order chi connectivity index (χ0) is 21.8. The first-order valence-corrected chi connectivity index (χ1v) is 11.5. The van der Waals surface area contributed by atoms with Gasteiger partial charge in [-0.25, -0.2) is 0 Å². The second kappa shape index (κ2) is 9.77. The summed E-state index contributed by atoms with van der Waals surface area (Å²) in [5.74, 6) is 0. The van der Waals surface area contributed by atoms with Crippen LogP contribution in [0.4, 0.5) is 0 Å². The molecule has 32 heavy (non-hydrogen) atoms. The molecule has 2 atom stereocenters. The summed E-state index contributed by atoms with van der Waals surface area (Å²) in [4.78, 5) is 13.7. The lowest BCUT2D eigenvalue weighted by Gasteiger charge is -2.32. The first-order chi connectivity index (χ1) is 15.8. The standard InChI is InChI=1S/C24H28N6OS/c32-24-27-22(20-6-1-2-9-26-20)23(30(24)12-11-28-13-15-31-16-14-28)21-7-4-10-29(21)18-19-5-3-8-25-17-19/h1-10,17,22-23H,11-16,18H2,(H,27,32)/t22-,23+/m0/s1. The Morgan fingerprint density at radius 3 is 2.72 bits per heavy atom. The molecule has 0 bridgehead atoms. The first-order valence-electron chi connectivity index (χ1n) is 11.1. The van der Waals surface area contributed by atoms with Gasteiger partial charge in [0.1, 0.15) is 0 Å². The van der Waals surface area contributed by atoms with E-state index in [2.05, 4.69) is 60.1 Å².